The maximum absolute atomic E-state index is 8.65. The second kappa shape index (κ2) is 6.03. The topological polar surface area (TPSA) is 36.3 Å². The number of hydrogen-bond donors (Lipinski definition) is 1. The lowest BCUT2D eigenvalue weighted by molar-refractivity contribution is 0.00515. The fourth-order valence-corrected chi connectivity index (χ4v) is 1.39. The maximum Gasteiger partial charge on any atom is 0.156 e. The number of ether oxygens (including phenoxy) is 1. The molecule has 0 aromatic rings. The van der Waals surface area contributed by atoms with Gasteiger partial charge in [0, 0.05) is 25.4 Å². The molecule has 0 aromatic heterocycles. The summed E-state index contributed by atoms with van der Waals surface area (Å²) >= 11 is 4.07. The first-order valence-corrected chi connectivity index (χ1v) is 4.99. The van der Waals surface area contributed by atoms with Crippen LogP contribution in [0.15, 0.2) is 12.2 Å². The van der Waals surface area contributed by atoms with Crippen molar-refractivity contribution < 1.29 is 4.74 Å². The molecule has 72 valence electrons. The monoisotopic (exact) mass is 198 g/mol. The number of hydrogen-bond acceptors (Lipinski definition) is 4. The maximum atomic E-state index is 8.65. The molecule has 0 bridgehead atoms. The molecular formula is C9H14N2OS. The average molecular weight is 198 g/mol. The Balaban J connectivity index is 2.26. The van der Waals surface area contributed by atoms with Crippen molar-refractivity contribution in [3.05, 3.63) is 12.2 Å². The molecule has 0 radical (unpaired) electrons. The van der Waals surface area contributed by atoms with Gasteiger partial charge in [-0.3, -0.25) is 4.90 Å². The van der Waals surface area contributed by atoms with Crippen molar-refractivity contribution in [2.45, 2.75) is 6.10 Å². The van der Waals surface area contributed by atoms with Crippen LogP contribution in [-0.2, 0) is 4.74 Å². The smallest absolute Gasteiger partial charge is 0.156 e. The van der Waals surface area contributed by atoms with Crippen molar-refractivity contribution in [1.82, 2.24) is 4.90 Å². The summed E-state index contributed by atoms with van der Waals surface area (Å²) < 4.78 is 5.22. The molecule has 0 N–H and O–H groups in total. The van der Waals surface area contributed by atoms with E-state index in [1.807, 2.05) is 6.08 Å². The van der Waals surface area contributed by atoms with Crippen LogP contribution < -0.4 is 0 Å². The van der Waals surface area contributed by atoms with Crippen molar-refractivity contribution >= 4 is 12.6 Å². The molecule has 0 aromatic carbocycles. The van der Waals surface area contributed by atoms with Crippen molar-refractivity contribution in [1.29, 1.82) is 5.26 Å². The third-order valence-electron chi connectivity index (χ3n) is 1.93. The molecule has 3 nitrogen and oxygen atoms in total. The van der Waals surface area contributed by atoms with E-state index in [0.29, 0.717) is 13.2 Å². The zero-order valence-corrected chi connectivity index (χ0v) is 8.41. The van der Waals surface area contributed by atoms with Crippen LogP contribution in [0, 0.1) is 11.3 Å². The highest BCUT2D eigenvalue weighted by Crippen LogP contribution is 2.03. The van der Waals surface area contributed by atoms with Gasteiger partial charge in [0.15, 0.2) is 6.10 Å². The molecule has 1 fully saturated rings. The van der Waals surface area contributed by atoms with Gasteiger partial charge in [-0.15, -0.1) is 0 Å². The van der Waals surface area contributed by atoms with Gasteiger partial charge in [0.2, 0.25) is 0 Å². The van der Waals surface area contributed by atoms with E-state index in [4.69, 9.17) is 10.00 Å². The van der Waals surface area contributed by atoms with E-state index in [9.17, 15) is 0 Å². The molecule has 1 rings (SSSR count). The Bertz CT molecular complexity index is 212. The van der Waals surface area contributed by atoms with Crippen LogP contribution in [0.5, 0.6) is 0 Å². The molecule has 0 aliphatic carbocycles. The van der Waals surface area contributed by atoms with Gasteiger partial charge in [-0.2, -0.15) is 17.9 Å². The predicted octanol–water partition coefficient (Wildman–Crippen LogP) is 0.697. The van der Waals surface area contributed by atoms with E-state index in [1.165, 1.54) is 0 Å². The number of morpholine rings is 1. The minimum Gasteiger partial charge on any atom is -0.361 e. The molecule has 1 atom stereocenters. The third-order valence-corrected chi connectivity index (χ3v) is 2.14. The largest absolute Gasteiger partial charge is 0.361 e. The van der Waals surface area contributed by atoms with Crippen LogP contribution in [0.3, 0.4) is 0 Å². The van der Waals surface area contributed by atoms with Crippen LogP contribution in [0.1, 0.15) is 0 Å². The summed E-state index contributed by atoms with van der Waals surface area (Å²) in [6.07, 6.45) is 3.84. The molecule has 0 amide bonds. The SMILES string of the molecule is N#CC1CN(CC=CCS)CCO1. The standard InChI is InChI=1S/C9H14N2OS/c10-7-9-8-11(4-5-12-9)3-1-2-6-13/h1-2,9,13H,3-6,8H2. The Hall–Kier alpha value is -0.500. The van der Waals surface area contributed by atoms with Gasteiger partial charge in [-0.1, -0.05) is 12.2 Å². The highest BCUT2D eigenvalue weighted by atomic mass is 32.1. The fourth-order valence-electron chi connectivity index (χ4n) is 1.24. The minimum atomic E-state index is -0.252. The van der Waals surface area contributed by atoms with Gasteiger partial charge in [-0.25, -0.2) is 0 Å². The van der Waals surface area contributed by atoms with Crippen LogP contribution in [0.25, 0.3) is 0 Å². The Kier molecular flexibility index (Phi) is 4.91. The molecule has 1 saturated heterocycles. The van der Waals surface area contributed by atoms with E-state index in [1.54, 1.807) is 0 Å². The van der Waals surface area contributed by atoms with Crippen LogP contribution in [0.2, 0.25) is 0 Å². The second-order valence-corrected chi connectivity index (χ2v) is 3.27. The average Bonchev–Trinajstić information content (AvgIpc) is 2.19. The molecule has 0 spiro atoms. The summed E-state index contributed by atoms with van der Waals surface area (Å²) in [4.78, 5) is 2.21. The van der Waals surface area contributed by atoms with Gasteiger partial charge >= 0.3 is 0 Å². The Labute approximate surface area is 84.4 Å². The Morgan fingerprint density at radius 3 is 3.15 bits per heavy atom. The lowest BCUT2D eigenvalue weighted by atomic mass is 10.3. The first-order chi connectivity index (χ1) is 6.36. The van der Waals surface area contributed by atoms with Crippen LogP contribution in [-0.4, -0.2) is 43.0 Å². The van der Waals surface area contributed by atoms with Gasteiger partial charge in [0.1, 0.15) is 0 Å². The first kappa shape index (κ1) is 10.6. The van der Waals surface area contributed by atoms with E-state index in [-0.39, 0.29) is 6.10 Å². The van der Waals surface area contributed by atoms with Gasteiger partial charge in [-0.05, 0) is 0 Å². The Morgan fingerprint density at radius 1 is 1.62 bits per heavy atom. The van der Waals surface area contributed by atoms with Crippen molar-refractivity contribution in [2.24, 2.45) is 0 Å². The first-order valence-electron chi connectivity index (χ1n) is 4.36. The van der Waals surface area contributed by atoms with Gasteiger partial charge in [0.05, 0.1) is 12.7 Å². The summed E-state index contributed by atoms with van der Waals surface area (Å²) in [7, 11) is 0. The minimum absolute atomic E-state index is 0.252. The Morgan fingerprint density at radius 2 is 2.46 bits per heavy atom. The molecule has 13 heavy (non-hydrogen) atoms. The molecular weight excluding hydrogens is 184 g/mol. The second-order valence-electron chi connectivity index (χ2n) is 2.90. The summed E-state index contributed by atoms with van der Waals surface area (Å²) in [5.74, 6) is 0.770. The van der Waals surface area contributed by atoms with Crippen molar-refractivity contribution in [3.63, 3.8) is 0 Å². The van der Waals surface area contributed by atoms with E-state index in [2.05, 4.69) is 29.7 Å². The molecule has 1 aliphatic rings. The predicted molar refractivity (Wildman–Crippen MR) is 54.8 cm³/mol. The van der Waals surface area contributed by atoms with Crippen LogP contribution in [0.4, 0.5) is 0 Å². The molecule has 1 heterocycles. The molecule has 4 heteroatoms. The lowest BCUT2D eigenvalue weighted by Gasteiger charge is -2.28. The van der Waals surface area contributed by atoms with Gasteiger partial charge in [0.25, 0.3) is 0 Å². The van der Waals surface area contributed by atoms with Crippen LogP contribution >= 0.6 is 12.6 Å². The third kappa shape index (κ3) is 3.81. The van der Waals surface area contributed by atoms with E-state index in [0.717, 1.165) is 18.8 Å². The molecule has 1 aliphatic heterocycles. The lowest BCUT2D eigenvalue weighted by Crippen LogP contribution is -2.41. The summed E-state index contributed by atoms with van der Waals surface area (Å²) in [6.45, 7) is 3.18. The number of rotatable bonds is 3. The highest BCUT2D eigenvalue weighted by molar-refractivity contribution is 7.80. The van der Waals surface area contributed by atoms with E-state index >= 15 is 0 Å². The highest BCUT2D eigenvalue weighted by Gasteiger charge is 2.18. The summed E-state index contributed by atoms with van der Waals surface area (Å²) in [5.41, 5.74) is 0. The van der Waals surface area contributed by atoms with Crippen molar-refractivity contribution in [3.8, 4) is 6.07 Å². The van der Waals surface area contributed by atoms with Crippen molar-refractivity contribution in [2.75, 3.05) is 32.0 Å². The van der Waals surface area contributed by atoms with E-state index < -0.39 is 0 Å². The quantitative estimate of drug-likeness (QED) is 0.535. The number of thiol groups is 1. The zero-order valence-electron chi connectivity index (χ0n) is 7.52. The summed E-state index contributed by atoms with van der Waals surface area (Å²) in [6, 6.07) is 2.12. The summed E-state index contributed by atoms with van der Waals surface area (Å²) in [5, 5.41) is 8.65. The number of nitriles is 1. The molecule has 0 saturated carbocycles. The normalized spacial score (nSPS) is 24.8. The molecule has 1 unspecified atom stereocenters. The number of nitrogens with zero attached hydrogens (tertiary/aromatic N) is 2. The van der Waals surface area contributed by atoms with Gasteiger partial charge < -0.3 is 4.74 Å². The zero-order chi connectivity index (χ0) is 9.52. The fraction of sp³-hybridized carbons (Fsp3) is 0.667.